The lowest BCUT2D eigenvalue weighted by Crippen LogP contribution is -2.33. The van der Waals surface area contributed by atoms with Crippen molar-refractivity contribution >= 4 is 35.3 Å². The summed E-state index contributed by atoms with van der Waals surface area (Å²) in [5.74, 6) is 0.570. The Kier molecular flexibility index (Phi) is 9.86. The number of nitrogens with zero attached hydrogens (tertiary/aromatic N) is 2. The van der Waals surface area contributed by atoms with Crippen molar-refractivity contribution in [3.8, 4) is 0 Å². The highest BCUT2D eigenvalue weighted by molar-refractivity contribution is 5.87. The Morgan fingerprint density at radius 3 is 2.56 bits per heavy atom. The lowest BCUT2D eigenvalue weighted by Gasteiger charge is -2.26. The molecule has 2 amide bonds. The maximum Gasteiger partial charge on any atom is 0.412 e. The molecule has 0 spiro atoms. The van der Waals surface area contributed by atoms with E-state index in [1.807, 2.05) is 26.8 Å². The van der Waals surface area contributed by atoms with E-state index in [4.69, 9.17) is 16.3 Å². The zero-order chi connectivity index (χ0) is 26.9. The van der Waals surface area contributed by atoms with Gasteiger partial charge in [0.25, 0.3) is 0 Å². The summed E-state index contributed by atoms with van der Waals surface area (Å²) >= 11 is 0. The van der Waals surface area contributed by atoms with Crippen molar-refractivity contribution in [1.82, 2.24) is 4.98 Å². The fourth-order valence-electron chi connectivity index (χ4n) is 4.00. The van der Waals surface area contributed by atoms with Crippen molar-refractivity contribution in [2.45, 2.75) is 32.8 Å². The molecule has 36 heavy (non-hydrogen) atoms. The van der Waals surface area contributed by atoms with Gasteiger partial charge in [-0.15, -0.1) is 0 Å². The van der Waals surface area contributed by atoms with E-state index in [0.29, 0.717) is 17.1 Å². The predicted octanol–water partition coefficient (Wildman–Crippen LogP) is 2.57. The first-order valence-corrected chi connectivity index (χ1v) is 11.5. The molecule has 8 N–H and O–H groups in total. The van der Waals surface area contributed by atoms with Crippen LogP contribution in [0.2, 0.25) is 0 Å². The van der Waals surface area contributed by atoms with Crippen LogP contribution in [0.1, 0.15) is 37.0 Å². The van der Waals surface area contributed by atoms with E-state index < -0.39 is 11.7 Å². The summed E-state index contributed by atoms with van der Waals surface area (Å²) in [5.41, 5.74) is 20.9. The number of aromatic nitrogens is 1. The molecule has 3 rings (SSSR count). The predicted molar refractivity (Wildman–Crippen MR) is 143 cm³/mol. The molecule has 1 aliphatic heterocycles. The number of anilines is 2. The third kappa shape index (κ3) is 7.47. The van der Waals surface area contributed by atoms with E-state index in [1.54, 1.807) is 18.3 Å². The Hall–Kier alpha value is -4.05. The number of nitrogens with one attached hydrogen (secondary N) is 1. The molecule has 1 fully saturated rings. The molecule has 1 aromatic heterocycles. The van der Waals surface area contributed by atoms with E-state index >= 15 is 0 Å². The van der Waals surface area contributed by atoms with Crippen LogP contribution < -0.4 is 27.4 Å². The van der Waals surface area contributed by atoms with Gasteiger partial charge >= 0.3 is 6.09 Å². The number of benzene rings is 1. The number of hydrogen-bond acceptors (Lipinski definition) is 8. The summed E-state index contributed by atoms with van der Waals surface area (Å²) in [4.78, 5) is 26.5. The zero-order valence-electron chi connectivity index (χ0n) is 21.2. The normalized spacial score (nSPS) is 16.1. The number of carbonyl (C=O) groups is 2. The minimum atomic E-state index is -0.700. The first-order valence-electron chi connectivity index (χ1n) is 11.5. The minimum Gasteiger partial charge on any atom is -0.453 e. The zero-order valence-corrected chi connectivity index (χ0v) is 21.2. The molecule has 1 unspecified atom stereocenters. The number of ether oxygens (including phenoxy) is 1. The molecule has 0 saturated carbocycles. The molecule has 1 aromatic carbocycles. The van der Waals surface area contributed by atoms with Crippen LogP contribution in [0.15, 0.2) is 48.8 Å². The lowest BCUT2D eigenvalue weighted by atomic mass is 9.90. The summed E-state index contributed by atoms with van der Waals surface area (Å²) in [6, 6.07) is 9.71. The average molecular weight is 497 g/mol. The smallest absolute Gasteiger partial charge is 0.412 e. The Morgan fingerprint density at radius 1 is 1.28 bits per heavy atom. The van der Waals surface area contributed by atoms with E-state index in [9.17, 15) is 9.90 Å². The Balaban J connectivity index is 0.00000145. The molecule has 0 bridgehead atoms. The standard InChI is InChI=1S/C25H33N5O3.CH3NO/c1-16-5-6-20(30-10-8-19(15-30)25(2,3)32)13-21(16)22(27)11-18(14-26)17-7-9-28-23(12-17)29-24(31)33-4;2-1-3/h5-7,9,11-14,19,32H,8,10,15,26-27H2,1-4H3,(H,28,29,31);1H,(H2,2,3)/b18-14+,22-11-;. The van der Waals surface area contributed by atoms with Crippen molar-refractivity contribution in [3.63, 3.8) is 0 Å². The second-order valence-corrected chi connectivity index (χ2v) is 8.99. The maximum absolute atomic E-state index is 11.5. The number of aryl methyl sites for hydroxylation is 1. The van der Waals surface area contributed by atoms with Crippen LogP contribution in [0, 0.1) is 12.8 Å². The SMILES string of the molecule is COC(=O)Nc1cc(C(/C=C(\N)c2cc(N3CCC(C(C)(C)O)C3)ccc2C)=C/N)ccn1.NC=O. The molecule has 0 radical (unpaired) electrons. The van der Waals surface area contributed by atoms with Gasteiger partial charge in [0.15, 0.2) is 0 Å². The summed E-state index contributed by atoms with van der Waals surface area (Å²) in [5, 5.41) is 12.9. The highest BCUT2D eigenvalue weighted by Crippen LogP contribution is 2.32. The fraction of sp³-hybridized carbons (Fsp3) is 0.346. The molecule has 0 aliphatic carbocycles. The molecule has 1 saturated heterocycles. The van der Waals surface area contributed by atoms with Crippen molar-refractivity contribution in [1.29, 1.82) is 0 Å². The van der Waals surface area contributed by atoms with Crippen molar-refractivity contribution in [3.05, 3.63) is 65.5 Å². The van der Waals surface area contributed by atoms with Crippen LogP contribution in [-0.4, -0.2) is 48.4 Å². The molecule has 2 heterocycles. The van der Waals surface area contributed by atoms with Gasteiger partial charge < -0.3 is 31.9 Å². The third-order valence-corrected chi connectivity index (χ3v) is 6.08. The number of pyridine rings is 1. The Labute approximate surface area is 211 Å². The van der Waals surface area contributed by atoms with Gasteiger partial charge in [-0.3, -0.25) is 10.1 Å². The number of nitrogens with two attached hydrogens (primary N) is 3. The van der Waals surface area contributed by atoms with Crippen LogP contribution in [-0.2, 0) is 9.53 Å². The summed E-state index contributed by atoms with van der Waals surface area (Å²) < 4.78 is 4.62. The largest absolute Gasteiger partial charge is 0.453 e. The van der Waals surface area contributed by atoms with Crippen LogP contribution in [0.3, 0.4) is 0 Å². The number of methoxy groups -OCH3 is 1. The molecule has 10 nitrogen and oxygen atoms in total. The highest BCUT2D eigenvalue weighted by Gasteiger charge is 2.33. The molecule has 10 heteroatoms. The van der Waals surface area contributed by atoms with E-state index in [2.05, 4.69) is 43.9 Å². The van der Waals surface area contributed by atoms with E-state index in [0.717, 1.165) is 41.9 Å². The monoisotopic (exact) mass is 496 g/mol. The second-order valence-electron chi connectivity index (χ2n) is 8.99. The summed E-state index contributed by atoms with van der Waals surface area (Å²) in [7, 11) is 1.29. The second kappa shape index (κ2) is 12.6. The number of primary amides is 1. The van der Waals surface area contributed by atoms with Gasteiger partial charge in [-0.1, -0.05) is 6.07 Å². The third-order valence-electron chi connectivity index (χ3n) is 6.08. The van der Waals surface area contributed by atoms with Crippen molar-refractivity contribution in [2.75, 3.05) is 30.4 Å². The van der Waals surface area contributed by atoms with Crippen LogP contribution >= 0.6 is 0 Å². The van der Waals surface area contributed by atoms with Gasteiger partial charge in [-0.2, -0.15) is 0 Å². The highest BCUT2D eigenvalue weighted by atomic mass is 16.5. The molecule has 194 valence electrons. The number of allylic oxidation sites excluding steroid dienone is 2. The quantitative estimate of drug-likeness (QED) is 0.300. The fourth-order valence-corrected chi connectivity index (χ4v) is 4.00. The molecule has 2 aromatic rings. The van der Waals surface area contributed by atoms with Crippen LogP contribution in [0.5, 0.6) is 0 Å². The van der Waals surface area contributed by atoms with E-state index in [-0.39, 0.29) is 12.3 Å². The number of aliphatic hydroxyl groups is 1. The molecular weight excluding hydrogens is 460 g/mol. The van der Waals surface area contributed by atoms with Gasteiger partial charge in [0, 0.05) is 48.4 Å². The summed E-state index contributed by atoms with van der Waals surface area (Å²) in [6.45, 7) is 7.45. The maximum atomic E-state index is 11.5. The van der Waals surface area contributed by atoms with Gasteiger partial charge in [0.2, 0.25) is 6.41 Å². The van der Waals surface area contributed by atoms with Crippen molar-refractivity contribution < 1.29 is 19.4 Å². The summed E-state index contributed by atoms with van der Waals surface area (Å²) in [6.07, 6.45) is 5.45. The van der Waals surface area contributed by atoms with E-state index in [1.165, 1.54) is 13.3 Å². The average Bonchev–Trinajstić information content (AvgIpc) is 3.34. The number of amides is 2. The minimum absolute atomic E-state index is 0.224. The van der Waals surface area contributed by atoms with Gasteiger partial charge in [-0.05, 0) is 74.2 Å². The topological polar surface area (TPSA) is 170 Å². The van der Waals surface area contributed by atoms with Gasteiger partial charge in [0.05, 0.1) is 12.7 Å². The van der Waals surface area contributed by atoms with Gasteiger partial charge in [0.1, 0.15) is 5.82 Å². The first kappa shape index (κ1) is 28.2. The molecular formula is C26H36N6O4. The Morgan fingerprint density at radius 2 is 1.97 bits per heavy atom. The molecule has 1 aliphatic rings. The van der Waals surface area contributed by atoms with Crippen LogP contribution in [0.4, 0.5) is 16.3 Å². The lowest BCUT2D eigenvalue weighted by molar-refractivity contribution is -0.106. The Bertz CT molecular complexity index is 1120. The van der Waals surface area contributed by atoms with Gasteiger partial charge in [-0.25, -0.2) is 9.78 Å². The number of carbonyl (C=O) groups excluding carboxylic acids is 2. The van der Waals surface area contributed by atoms with Crippen LogP contribution in [0.25, 0.3) is 11.3 Å². The number of hydrogen-bond donors (Lipinski definition) is 5. The first-order chi connectivity index (χ1) is 17.0. The number of rotatable bonds is 6. The van der Waals surface area contributed by atoms with Crippen molar-refractivity contribution in [2.24, 2.45) is 23.1 Å². The molecule has 1 atom stereocenters.